The van der Waals surface area contributed by atoms with E-state index in [0.717, 1.165) is 38.5 Å². The Kier molecular flexibility index (Phi) is 17.4. The molecule has 204 valence electrons. The summed E-state index contributed by atoms with van der Waals surface area (Å²) >= 11 is 0. The summed E-state index contributed by atoms with van der Waals surface area (Å²) in [5.41, 5.74) is 4.69. The van der Waals surface area contributed by atoms with Crippen molar-refractivity contribution in [3.8, 4) is 0 Å². The van der Waals surface area contributed by atoms with E-state index in [-0.39, 0.29) is 19.7 Å². The van der Waals surface area contributed by atoms with Gasteiger partial charge in [0.2, 0.25) is 0 Å². The van der Waals surface area contributed by atoms with Crippen molar-refractivity contribution in [2.75, 3.05) is 34.4 Å². The van der Waals surface area contributed by atoms with Crippen LogP contribution in [0, 0.1) is 0 Å². The molecule has 5 heteroatoms. The van der Waals surface area contributed by atoms with E-state index in [1.807, 2.05) is 18.2 Å². The highest BCUT2D eigenvalue weighted by Gasteiger charge is 2.35. The summed E-state index contributed by atoms with van der Waals surface area (Å²) in [4.78, 5) is 0. The van der Waals surface area contributed by atoms with Gasteiger partial charge in [-0.15, -0.1) is 0 Å². The predicted octanol–water partition coefficient (Wildman–Crippen LogP) is 7.77. The fourth-order valence-corrected chi connectivity index (χ4v) is 3.97. The smallest absolute Gasteiger partial charge is 0.147 e. The van der Waals surface area contributed by atoms with Crippen molar-refractivity contribution in [3.63, 3.8) is 0 Å². The molecule has 0 radical (unpaired) electrons. The molecule has 5 nitrogen and oxygen atoms in total. The van der Waals surface area contributed by atoms with Gasteiger partial charge in [-0.2, -0.15) is 0 Å². The van der Waals surface area contributed by atoms with Crippen molar-refractivity contribution in [1.82, 2.24) is 0 Å². The third-order valence-electron chi connectivity index (χ3n) is 6.16. The molecule has 0 fully saturated rings. The Balaban J connectivity index is 2.56. The van der Waals surface area contributed by atoms with E-state index in [1.165, 1.54) is 22.3 Å². The lowest BCUT2D eigenvalue weighted by atomic mass is 9.88. The Bertz CT molecular complexity index is 779. The van der Waals surface area contributed by atoms with Crippen molar-refractivity contribution >= 4 is 0 Å². The van der Waals surface area contributed by atoms with Crippen LogP contribution < -0.4 is 0 Å². The van der Waals surface area contributed by atoms with E-state index in [0.29, 0.717) is 13.2 Å². The Hall–Kier alpha value is -1.76. The summed E-state index contributed by atoms with van der Waals surface area (Å²) in [5, 5.41) is 0. The standard InChI is InChI=1S/C31H50O5/c1-26(2)14-13-21-31(5,36-25-33-7)30(35-24-32-6)20-19-27(3)15-11-12-16-28(4)22-34-23-29-17-9-8-10-18-29/h8-10,14-18,30H,11-13,19-25H2,1-7H3/b27-15+,28-16+/t30-,31+/m0/s1. The average Bonchev–Trinajstić information content (AvgIpc) is 2.85. The van der Waals surface area contributed by atoms with Gasteiger partial charge in [-0.05, 0) is 78.7 Å². The summed E-state index contributed by atoms with van der Waals surface area (Å²) in [6.45, 7) is 12.5. The van der Waals surface area contributed by atoms with Crippen molar-refractivity contribution in [2.24, 2.45) is 0 Å². The third-order valence-corrected chi connectivity index (χ3v) is 6.16. The number of allylic oxidation sites excluding steroid dienone is 5. The largest absolute Gasteiger partial charge is 0.372 e. The van der Waals surface area contributed by atoms with Gasteiger partial charge in [0.15, 0.2) is 0 Å². The van der Waals surface area contributed by atoms with Crippen LogP contribution in [0.15, 0.2) is 65.3 Å². The summed E-state index contributed by atoms with van der Waals surface area (Å²) in [5.74, 6) is 0. The van der Waals surface area contributed by atoms with Gasteiger partial charge >= 0.3 is 0 Å². The molecule has 0 unspecified atom stereocenters. The van der Waals surface area contributed by atoms with E-state index in [2.05, 4.69) is 65.0 Å². The first-order chi connectivity index (χ1) is 17.3. The number of hydrogen-bond acceptors (Lipinski definition) is 5. The molecule has 1 rings (SSSR count). The monoisotopic (exact) mass is 502 g/mol. The lowest BCUT2D eigenvalue weighted by molar-refractivity contribution is -0.206. The highest BCUT2D eigenvalue weighted by Crippen LogP contribution is 2.29. The van der Waals surface area contributed by atoms with Crippen LogP contribution in [-0.2, 0) is 30.3 Å². The summed E-state index contributed by atoms with van der Waals surface area (Å²) in [6.07, 6.45) is 12.4. The predicted molar refractivity (Wildman–Crippen MR) is 149 cm³/mol. The van der Waals surface area contributed by atoms with E-state index in [4.69, 9.17) is 23.7 Å². The van der Waals surface area contributed by atoms with Crippen molar-refractivity contribution in [3.05, 3.63) is 70.8 Å². The van der Waals surface area contributed by atoms with Crippen molar-refractivity contribution in [1.29, 1.82) is 0 Å². The number of unbranched alkanes of at least 4 members (excludes halogenated alkanes) is 1. The van der Waals surface area contributed by atoms with Crippen LogP contribution in [0.1, 0.15) is 78.7 Å². The maximum atomic E-state index is 6.17. The minimum Gasteiger partial charge on any atom is -0.372 e. The lowest BCUT2D eigenvalue weighted by Crippen LogP contribution is -2.44. The molecular formula is C31H50O5. The van der Waals surface area contributed by atoms with Crippen LogP contribution in [-0.4, -0.2) is 46.1 Å². The van der Waals surface area contributed by atoms with Crippen molar-refractivity contribution in [2.45, 2.75) is 91.5 Å². The molecule has 0 N–H and O–H groups in total. The second kappa shape index (κ2) is 19.4. The second-order valence-electron chi connectivity index (χ2n) is 9.94. The average molecular weight is 503 g/mol. The molecule has 0 aromatic heterocycles. The topological polar surface area (TPSA) is 46.2 Å². The quantitative estimate of drug-likeness (QED) is 0.104. The van der Waals surface area contributed by atoms with Gasteiger partial charge in [-0.1, -0.05) is 65.3 Å². The van der Waals surface area contributed by atoms with Crippen LogP contribution in [0.4, 0.5) is 0 Å². The molecule has 0 aliphatic heterocycles. The molecule has 0 aliphatic carbocycles. The SMILES string of the molecule is COCO[C@@H](CC/C(C)=C/CC/C=C(\C)COCc1ccccc1)[C@@](C)(CCC=C(C)C)OCOC. The Morgan fingerprint density at radius 2 is 1.53 bits per heavy atom. The van der Waals surface area contributed by atoms with Gasteiger partial charge < -0.3 is 23.7 Å². The van der Waals surface area contributed by atoms with Gasteiger partial charge in [0.05, 0.1) is 24.9 Å². The van der Waals surface area contributed by atoms with E-state index in [9.17, 15) is 0 Å². The van der Waals surface area contributed by atoms with E-state index >= 15 is 0 Å². The number of hydrogen-bond donors (Lipinski definition) is 0. The molecule has 0 bridgehead atoms. The summed E-state index contributed by atoms with van der Waals surface area (Å²) in [6, 6.07) is 10.3. The zero-order chi connectivity index (χ0) is 26.7. The Labute approximate surface area is 220 Å². The first-order valence-electron chi connectivity index (χ1n) is 13.1. The number of benzene rings is 1. The zero-order valence-corrected chi connectivity index (χ0v) is 23.8. The maximum absolute atomic E-state index is 6.17. The number of ether oxygens (including phenoxy) is 5. The molecule has 36 heavy (non-hydrogen) atoms. The van der Waals surface area contributed by atoms with Gasteiger partial charge in [0.25, 0.3) is 0 Å². The van der Waals surface area contributed by atoms with E-state index in [1.54, 1.807) is 14.2 Å². The van der Waals surface area contributed by atoms with Crippen LogP contribution in [0.2, 0.25) is 0 Å². The summed E-state index contributed by atoms with van der Waals surface area (Å²) < 4.78 is 28.6. The maximum Gasteiger partial charge on any atom is 0.147 e. The molecule has 0 amide bonds. The molecule has 1 aromatic rings. The number of methoxy groups -OCH3 is 2. The van der Waals surface area contributed by atoms with Gasteiger partial charge in [0.1, 0.15) is 13.6 Å². The molecule has 0 saturated carbocycles. The number of rotatable bonds is 20. The highest BCUT2D eigenvalue weighted by atomic mass is 16.7. The molecule has 0 saturated heterocycles. The van der Waals surface area contributed by atoms with Gasteiger partial charge in [-0.25, -0.2) is 0 Å². The van der Waals surface area contributed by atoms with E-state index < -0.39 is 5.60 Å². The molecule has 0 aliphatic rings. The zero-order valence-electron chi connectivity index (χ0n) is 23.8. The first kappa shape index (κ1) is 32.3. The minimum absolute atomic E-state index is 0.0922. The molecule has 1 aromatic carbocycles. The summed E-state index contributed by atoms with van der Waals surface area (Å²) in [7, 11) is 3.31. The molecule has 0 spiro atoms. The normalized spacial score (nSPS) is 15.0. The Morgan fingerprint density at radius 1 is 0.861 bits per heavy atom. The fraction of sp³-hybridized carbons (Fsp3) is 0.613. The first-order valence-corrected chi connectivity index (χ1v) is 13.1. The van der Waals surface area contributed by atoms with Crippen molar-refractivity contribution < 1.29 is 23.7 Å². The Morgan fingerprint density at radius 3 is 2.17 bits per heavy atom. The van der Waals surface area contributed by atoms with Crippen LogP contribution in [0.25, 0.3) is 0 Å². The third kappa shape index (κ3) is 14.7. The highest BCUT2D eigenvalue weighted by molar-refractivity contribution is 5.13. The second-order valence-corrected chi connectivity index (χ2v) is 9.94. The van der Waals surface area contributed by atoms with Crippen LogP contribution >= 0.6 is 0 Å². The van der Waals surface area contributed by atoms with Crippen LogP contribution in [0.5, 0.6) is 0 Å². The van der Waals surface area contributed by atoms with Gasteiger partial charge in [0, 0.05) is 14.2 Å². The lowest BCUT2D eigenvalue weighted by Gasteiger charge is -2.37. The fourth-order valence-electron chi connectivity index (χ4n) is 3.97. The van der Waals surface area contributed by atoms with Gasteiger partial charge in [-0.3, -0.25) is 0 Å². The molecule has 2 atom stereocenters. The minimum atomic E-state index is -0.458. The molecular weight excluding hydrogens is 452 g/mol. The molecule has 0 heterocycles. The van der Waals surface area contributed by atoms with Crippen LogP contribution in [0.3, 0.4) is 0 Å².